The Morgan fingerprint density at radius 2 is 1.64 bits per heavy atom. The lowest BCUT2D eigenvalue weighted by Gasteiger charge is -2.63. The fourth-order valence-electron chi connectivity index (χ4n) is 10.1. The molecule has 0 radical (unpaired) electrons. The molecular formula is C47H53BrF2N9O4P. The third kappa shape index (κ3) is 8.44. The number of hydrogen-bond acceptors (Lipinski definition) is 12. The number of carbonyl (C=O) groups excluding carboxylic acids is 2. The van der Waals surface area contributed by atoms with Gasteiger partial charge in [-0.05, 0) is 103 Å². The molecule has 13 nitrogen and oxygen atoms in total. The number of amides is 2. The van der Waals surface area contributed by atoms with E-state index in [1.807, 2.05) is 29.2 Å². The van der Waals surface area contributed by atoms with Crippen molar-refractivity contribution in [2.24, 2.45) is 5.41 Å². The normalized spacial score (nSPS) is 19.1. The minimum atomic E-state index is -2.75. The van der Waals surface area contributed by atoms with Gasteiger partial charge in [0.15, 0.2) is 0 Å². The molecule has 0 unspecified atom stereocenters. The molecule has 336 valence electrons. The summed E-state index contributed by atoms with van der Waals surface area (Å²) in [6, 6.07) is 15.2. The number of fused-ring (bicyclic) bond motifs is 1. The first-order chi connectivity index (χ1) is 30.6. The molecule has 4 aliphatic rings. The molecule has 1 atom stereocenters. The van der Waals surface area contributed by atoms with Crippen LogP contribution in [0.25, 0.3) is 10.9 Å². The van der Waals surface area contributed by atoms with E-state index in [2.05, 4.69) is 72.6 Å². The molecule has 17 heteroatoms. The van der Waals surface area contributed by atoms with Crippen LogP contribution in [0.5, 0.6) is 5.75 Å². The molecule has 3 aromatic carbocycles. The van der Waals surface area contributed by atoms with Crippen molar-refractivity contribution in [3.05, 3.63) is 87.7 Å². The van der Waals surface area contributed by atoms with Crippen molar-refractivity contribution in [2.45, 2.75) is 64.3 Å². The Morgan fingerprint density at radius 1 is 0.906 bits per heavy atom. The number of rotatable bonds is 12. The summed E-state index contributed by atoms with van der Waals surface area (Å²) < 4.78 is 50.8. The second kappa shape index (κ2) is 17.3. The average Bonchev–Trinajstić information content (AvgIpc) is 3.23. The largest absolute Gasteiger partial charge is 0.494 e. The highest BCUT2D eigenvalue weighted by Gasteiger charge is 2.53. The van der Waals surface area contributed by atoms with Crippen molar-refractivity contribution in [3.63, 3.8) is 0 Å². The molecule has 64 heavy (non-hydrogen) atoms. The number of aryl methyl sites for hydroxylation is 2. The third-order valence-corrected chi connectivity index (χ3v) is 15.4. The summed E-state index contributed by atoms with van der Waals surface area (Å²) in [6.45, 7) is 12.9. The summed E-state index contributed by atoms with van der Waals surface area (Å²) in [5, 5.41) is 10.6. The Hall–Kier alpha value is -5.18. The molecule has 0 bridgehead atoms. The van der Waals surface area contributed by atoms with Crippen LogP contribution in [-0.4, -0.2) is 97.4 Å². The first-order valence-electron chi connectivity index (χ1n) is 22.0. The molecule has 4 fully saturated rings. The topological polar surface area (TPSA) is 145 Å². The van der Waals surface area contributed by atoms with Gasteiger partial charge in [-0.15, -0.1) is 0 Å². The Bertz CT molecular complexity index is 2690. The lowest BCUT2D eigenvalue weighted by molar-refractivity contribution is -0.134. The number of piperidine rings is 2. The van der Waals surface area contributed by atoms with Crippen molar-refractivity contribution in [3.8, 4) is 5.75 Å². The van der Waals surface area contributed by atoms with Gasteiger partial charge < -0.3 is 29.7 Å². The molecule has 3 N–H and O–H groups in total. The van der Waals surface area contributed by atoms with Crippen molar-refractivity contribution >= 4 is 85.6 Å². The maximum atomic E-state index is 15.2. The number of aromatic nitrogens is 3. The van der Waals surface area contributed by atoms with Crippen LogP contribution >= 0.6 is 23.1 Å². The fraction of sp³-hybridized carbons (Fsp3) is 0.426. The molecule has 4 saturated heterocycles. The summed E-state index contributed by atoms with van der Waals surface area (Å²) >= 11 is 3.61. The van der Waals surface area contributed by atoms with E-state index >= 15 is 8.78 Å². The van der Waals surface area contributed by atoms with Gasteiger partial charge in [0, 0.05) is 103 Å². The number of anilines is 6. The van der Waals surface area contributed by atoms with Crippen LogP contribution in [0.1, 0.15) is 62.3 Å². The van der Waals surface area contributed by atoms with E-state index in [1.165, 1.54) is 17.7 Å². The minimum Gasteiger partial charge on any atom is -0.494 e. The molecule has 5 aromatic rings. The highest BCUT2D eigenvalue weighted by atomic mass is 79.9. The fourth-order valence-corrected chi connectivity index (χ4v) is 11.8. The Kier molecular flexibility index (Phi) is 11.9. The molecule has 0 saturated carbocycles. The van der Waals surface area contributed by atoms with Crippen molar-refractivity contribution in [2.75, 3.05) is 80.1 Å². The second-order valence-electron chi connectivity index (χ2n) is 18.0. The van der Waals surface area contributed by atoms with Gasteiger partial charge in [-0.3, -0.25) is 24.8 Å². The number of ether oxygens (including phenoxy) is 1. The SMILES string of the molecule is CCc1ccc2c(P(C)(C)=O)c(Nc3nc(Nc4cc(CC)c(N5CCC(N6CC7(CN(c8cc(F)c([C@H]9CCC(=O)NC9=O)c(F)c8)C7)C6)CC5)cc4OC)ncc3Br)ccc2n1. The maximum absolute atomic E-state index is 15.2. The summed E-state index contributed by atoms with van der Waals surface area (Å²) in [5.74, 6) is -2.00. The van der Waals surface area contributed by atoms with Crippen LogP contribution in [-0.2, 0) is 27.0 Å². The number of benzene rings is 3. The number of nitrogens with zero attached hydrogens (tertiary/aromatic N) is 6. The Labute approximate surface area is 380 Å². The standard InChI is InChI=1S/C47H53BrF2N9O4P/c1-6-27-18-38(54-46-51-22-33(48)44(56-46)53-37-12-11-36-31(43(37)64(4,5)62)9-8-28(7-2)52-36)40(63-3)21-39(27)57-16-14-29(15-17-57)58-23-47(24-58)25-59(26-47)30-19-34(49)42(35(50)20-30)32-10-13-41(60)55-45(32)61/h8-9,11-12,18-22,29,32H,6-7,10,13-17,23-26H2,1-5H3,(H,55,60,61)(H2,51,53,54,56)/t32-/m1/s1. The van der Waals surface area contributed by atoms with E-state index in [1.54, 1.807) is 26.6 Å². The van der Waals surface area contributed by atoms with Gasteiger partial charge >= 0.3 is 0 Å². The molecule has 0 aliphatic carbocycles. The monoisotopic (exact) mass is 955 g/mol. The number of pyridine rings is 1. The second-order valence-corrected chi connectivity index (χ2v) is 22.0. The van der Waals surface area contributed by atoms with Gasteiger partial charge in [-0.25, -0.2) is 13.8 Å². The van der Waals surface area contributed by atoms with Crippen molar-refractivity contribution < 1.29 is 27.7 Å². The number of nitrogens with one attached hydrogen (secondary N) is 3. The van der Waals surface area contributed by atoms with Gasteiger partial charge in [0.1, 0.15) is 30.3 Å². The molecule has 9 rings (SSSR count). The number of imide groups is 1. The predicted molar refractivity (Wildman–Crippen MR) is 252 cm³/mol. The molecule has 6 heterocycles. The smallest absolute Gasteiger partial charge is 0.234 e. The van der Waals surface area contributed by atoms with E-state index in [-0.39, 0.29) is 23.8 Å². The average molecular weight is 957 g/mol. The lowest BCUT2D eigenvalue weighted by atomic mass is 9.71. The lowest BCUT2D eigenvalue weighted by Crippen LogP contribution is -2.74. The van der Waals surface area contributed by atoms with Gasteiger partial charge in [0.2, 0.25) is 17.8 Å². The molecular weight excluding hydrogens is 903 g/mol. The van der Waals surface area contributed by atoms with Crippen LogP contribution in [0.15, 0.2) is 59.2 Å². The minimum absolute atomic E-state index is 0.0605. The third-order valence-electron chi connectivity index (χ3n) is 13.3. The first-order valence-corrected chi connectivity index (χ1v) is 25.4. The number of likely N-dealkylation sites (tertiary alicyclic amines) is 1. The van der Waals surface area contributed by atoms with Crippen LogP contribution in [0.2, 0.25) is 0 Å². The summed E-state index contributed by atoms with van der Waals surface area (Å²) in [5.41, 5.74) is 5.89. The predicted octanol–water partition coefficient (Wildman–Crippen LogP) is 8.25. The summed E-state index contributed by atoms with van der Waals surface area (Å²) in [7, 11) is -1.09. The zero-order valence-electron chi connectivity index (χ0n) is 36.7. The van der Waals surface area contributed by atoms with E-state index in [9.17, 15) is 14.2 Å². The van der Waals surface area contributed by atoms with E-state index in [0.29, 0.717) is 39.4 Å². The Morgan fingerprint density at radius 3 is 2.30 bits per heavy atom. The number of halogens is 3. The number of methoxy groups -OCH3 is 1. The molecule has 2 aromatic heterocycles. The zero-order chi connectivity index (χ0) is 45.1. The van der Waals surface area contributed by atoms with Crippen molar-refractivity contribution in [1.82, 2.24) is 25.2 Å². The Balaban J connectivity index is 0.827. The van der Waals surface area contributed by atoms with Gasteiger partial charge in [-0.2, -0.15) is 4.98 Å². The summed E-state index contributed by atoms with van der Waals surface area (Å²) in [4.78, 5) is 45.1. The van der Waals surface area contributed by atoms with Gasteiger partial charge in [0.05, 0.1) is 34.4 Å². The van der Waals surface area contributed by atoms with Crippen molar-refractivity contribution in [1.29, 1.82) is 0 Å². The van der Waals surface area contributed by atoms with Crippen LogP contribution < -0.4 is 35.8 Å². The number of carbonyl (C=O) groups is 2. The van der Waals surface area contributed by atoms with Crippen LogP contribution in [0, 0.1) is 17.0 Å². The van der Waals surface area contributed by atoms with E-state index in [0.717, 1.165) is 98.2 Å². The van der Waals surface area contributed by atoms with E-state index in [4.69, 9.17) is 14.7 Å². The van der Waals surface area contributed by atoms with Gasteiger partial charge in [0.25, 0.3) is 0 Å². The number of hydrogen-bond donors (Lipinski definition) is 3. The summed E-state index contributed by atoms with van der Waals surface area (Å²) in [6.07, 6.45) is 5.51. The molecule has 1 spiro atoms. The van der Waals surface area contributed by atoms with Crippen LogP contribution in [0.3, 0.4) is 0 Å². The van der Waals surface area contributed by atoms with E-state index < -0.39 is 36.5 Å². The molecule has 4 aliphatic heterocycles. The highest BCUT2D eigenvalue weighted by Crippen LogP contribution is 2.46. The first kappa shape index (κ1) is 44.0. The highest BCUT2D eigenvalue weighted by molar-refractivity contribution is 9.10. The quantitative estimate of drug-likeness (QED) is 0.0819. The van der Waals surface area contributed by atoms with Crippen LogP contribution in [0.4, 0.5) is 43.3 Å². The zero-order valence-corrected chi connectivity index (χ0v) is 39.2. The maximum Gasteiger partial charge on any atom is 0.234 e. The molecule has 2 amide bonds. The van der Waals surface area contributed by atoms with Gasteiger partial charge in [-0.1, -0.05) is 19.9 Å².